The molecule has 0 aliphatic rings. The van der Waals surface area contributed by atoms with Crippen molar-refractivity contribution >= 4 is 19.5 Å². The Balaban J connectivity index is 0. The monoisotopic (exact) mass is 268 g/mol. The molecule has 0 aromatic rings. The molecule has 0 aromatic carbocycles. The fraction of sp³-hybridized carbons (Fsp3) is 0.556. The van der Waals surface area contributed by atoms with Gasteiger partial charge in [0.1, 0.15) is 6.16 Å². The van der Waals surface area contributed by atoms with Gasteiger partial charge in [0.15, 0.2) is 0 Å². The van der Waals surface area contributed by atoms with E-state index in [2.05, 4.69) is 6.58 Å². The second-order valence-electron chi connectivity index (χ2n) is 2.54. The number of carboxylic acids is 2. The largest absolute Gasteiger partial charge is 0.481 e. The first-order valence-corrected chi connectivity index (χ1v) is 6.49. The molecule has 0 bridgehead atoms. The standard InChI is InChI=1S/C6H13O5P.C3H4O2/c1-3-10-12(9,11-4-2)5-6(7)8;1-2-3(4)5/h3-5H2,1-2H3,(H,7,8);2H,1H2,(H,4,5). The summed E-state index contributed by atoms with van der Waals surface area (Å²) < 4.78 is 20.9. The highest BCUT2D eigenvalue weighted by Gasteiger charge is 2.26. The number of carboxylic acid groups (broad SMARTS) is 2. The highest BCUT2D eigenvalue weighted by Crippen LogP contribution is 2.47. The van der Waals surface area contributed by atoms with Gasteiger partial charge in [0.05, 0.1) is 13.2 Å². The second kappa shape index (κ2) is 10.0. The molecule has 0 heterocycles. The van der Waals surface area contributed by atoms with Crippen LogP contribution in [-0.2, 0) is 23.2 Å². The van der Waals surface area contributed by atoms with Gasteiger partial charge in [-0.05, 0) is 13.8 Å². The molecule has 0 fully saturated rings. The van der Waals surface area contributed by atoms with Crippen LogP contribution in [0, 0.1) is 0 Å². The van der Waals surface area contributed by atoms with Crippen molar-refractivity contribution in [3.05, 3.63) is 12.7 Å². The third-order valence-corrected chi connectivity index (χ3v) is 3.12. The van der Waals surface area contributed by atoms with Crippen molar-refractivity contribution in [2.75, 3.05) is 19.4 Å². The van der Waals surface area contributed by atoms with Crippen LogP contribution in [0.25, 0.3) is 0 Å². The molecule has 0 amide bonds. The predicted octanol–water partition coefficient (Wildman–Crippen LogP) is 1.59. The zero-order valence-electron chi connectivity index (χ0n) is 9.79. The van der Waals surface area contributed by atoms with E-state index in [1.54, 1.807) is 13.8 Å². The number of aliphatic carboxylic acids is 2. The summed E-state index contributed by atoms with van der Waals surface area (Å²) in [7, 11) is -3.38. The van der Waals surface area contributed by atoms with Crippen molar-refractivity contribution in [2.24, 2.45) is 0 Å². The molecule has 7 nitrogen and oxygen atoms in total. The van der Waals surface area contributed by atoms with Crippen molar-refractivity contribution in [2.45, 2.75) is 13.8 Å². The van der Waals surface area contributed by atoms with Gasteiger partial charge in [0.2, 0.25) is 0 Å². The molecule has 0 rings (SSSR count). The molecule has 0 spiro atoms. The van der Waals surface area contributed by atoms with Crippen LogP contribution in [0.3, 0.4) is 0 Å². The highest BCUT2D eigenvalue weighted by atomic mass is 31.2. The summed E-state index contributed by atoms with van der Waals surface area (Å²) in [5, 5.41) is 16.0. The average molecular weight is 268 g/mol. The molecule has 0 aromatic heterocycles. The molecule has 2 N–H and O–H groups in total. The van der Waals surface area contributed by atoms with Gasteiger partial charge in [-0.1, -0.05) is 6.58 Å². The summed E-state index contributed by atoms with van der Waals surface area (Å²) in [6.07, 6.45) is 0.259. The van der Waals surface area contributed by atoms with E-state index in [1.807, 2.05) is 0 Å². The van der Waals surface area contributed by atoms with Crippen molar-refractivity contribution < 1.29 is 33.4 Å². The first-order chi connectivity index (χ1) is 7.81. The van der Waals surface area contributed by atoms with Gasteiger partial charge in [0.25, 0.3) is 0 Å². The van der Waals surface area contributed by atoms with Gasteiger partial charge in [-0.3, -0.25) is 9.36 Å². The predicted molar refractivity (Wildman–Crippen MR) is 61.2 cm³/mol. The third-order valence-electron chi connectivity index (χ3n) is 1.16. The molecule has 0 saturated heterocycles. The maximum atomic E-state index is 11.4. The Kier molecular flexibility index (Phi) is 10.7. The maximum Gasteiger partial charge on any atom is 0.341 e. The van der Waals surface area contributed by atoms with Crippen molar-refractivity contribution in [3.8, 4) is 0 Å². The van der Waals surface area contributed by atoms with E-state index in [4.69, 9.17) is 19.3 Å². The van der Waals surface area contributed by atoms with E-state index in [-0.39, 0.29) is 13.2 Å². The molecule has 100 valence electrons. The lowest BCUT2D eigenvalue weighted by molar-refractivity contribution is -0.134. The van der Waals surface area contributed by atoms with Crippen LogP contribution in [0.1, 0.15) is 13.8 Å². The quantitative estimate of drug-likeness (QED) is 0.532. The maximum absolute atomic E-state index is 11.4. The molecule has 0 unspecified atom stereocenters. The first-order valence-electron chi connectivity index (χ1n) is 4.76. The first kappa shape index (κ1) is 18.2. The summed E-state index contributed by atoms with van der Waals surface area (Å²) in [5.41, 5.74) is 0. The number of hydrogen-bond donors (Lipinski definition) is 2. The van der Waals surface area contributed by atoms with Crippen molar-refractivity contribution in [1.29, 1.82) is 0 Å². The van der Waals surface area contributed by atoms with E-state index in [9.17, 15) is 14.2 Å². The molecule has 0 aliphatic carbocycles. The highest BCUT2D eigenvalue weighted by molar-refractivity contribution is 7.54. The van der Waals surface area contributed by atoms with Crippen LogP contribution < -0.4 is 0 Å². The van der Waals surface area contributed by atoms with Crippen LogP contribution in [0.5, 0.6) is 0 Å². The Morgan fingerprint density at radius 2 is 1.59 bits per heavy atom. The minimum absolute atomic E-state index is 0.185. The Morgan fingerprint density at radius 3 is 1.76 bits per heavy atom. The van der Waals surface area contributed by atoms with E-state index >= 15 is 0 Å². The number of hydrogen-bond acceptors (Lipinski definition) is 5. The zero-order valence-corrected chi connectivity index (χ0v) is 10.7. The van der Waals surface area contributed by atoms with E-state index < -0.39 is 25.7 Å². The Labute approximate surface area is 99.6 Å². The Morgan fingerprint density at radius 1 is 1.24 bits per heavy atom. The van der Waals surface area contributed by atoms with Crippen molar-refractivity contribution in [1.82, 2.24) is 0 Å². The Bertz CT molecular complexity index is 290. The smallest absolute Gasteiger partial charge is 0.341 e. The summed E-state index contributed by atoms with van der Waals surface area (Å²) in [6, 6.07) is 0. The van der Waals surface area contributed by atoms with Gasteiger partial charge in [-0.25, -0.2) is 4.79 Å². The van der Waals surface area contributed by atoms with E-state index in [0.29, 0.717) is 0 Å². The van der Waals surface area contributed by atoms with Gasteiger partial charge in [0, 0.05) is 6.08 Å². The fourth-order valence-corrected chi connectivity index (χ4v) is 2.06. The van der Waals surface area contributed by atoms with E-state index in [0.717, 1.165) is 6.08 Å². The van der Waals surface area contributed by atoms with Gasteiger partial charge < -0.3 is 19.3 Å². The van der Waals surface area contributed by atoms with Crippen LogP contribution >= 0.6 is 7.60 Å². The molecule has 0 saturated carbocycles. The number of rotatable bonds is 7. The molecule has 8 heteroatoms. The van der Waals surface area contributed by atoms with Crippen molar-refractivity contribution in [3.63, 3.8) is 0 Å². The molecule has 0 aliphatic heterocycles. The topological polar surface area (TPSA) is 110 Å². The van der Waals surface area contributed by atoms with Gasteiger partial charge >= 0.3 is 19.5 Å². The van der Waals surface area contributed by atoms with Gasteiger partial charge in [-0.15, -0.1) is 0 Å². The lowest BCUT2D eigenvalue weighted by Gasteiger charge is -2.14. The Hall–Kier alpha value is -1.17. The molecular formula is C9H17O7P. The summed E-state index contributed by atoms with van der Waals surface area (Å²) in [4.78, 5) is 19.5. The average Bonchev–Trinajstić information content (AvgIpc) is 2.17. The van der Waals surface area contributed by atoms with Crippen LogP contribution in [0.15, 0.2) is 12.7 Å². The number of carbonyl (C=O) groups is 2. The third kappa shape index (κ3) is 12.8. The van der Waals surface area contributed by atoms with Crippen LogP contribution in [0.2, 0.25) is 0 Å². The molecule has 0 radical (unpaired) electrons. The SMILES string of the molecule is C=CC(=O)O.CCOP(=O)(CC(=O)O)OCC. The lowest BCUT2D eigenvalue weighted by Crippen LogP contribution is -2.08. The van der Waals surface area contributed by atoms with Crippen LogP contribution in [0.4, 0.5) is 0 Å². The molecular weight excluding hydrogens is 251 g/mol. The fourth-order valence-electron chi connectivity index (χ4n) is 0.688. The summed E-state index contributed by atoms with van der Waals surface area (Å²) >= 11 is 0. The molecule has 0 atom stereocenters. The summed E-state index contributed by atoms with van der Waals surface area (Å²) in [6.45, 7) is 6.60. The normalized spacial score (nSPS) is 10.0. The second-order valence-corrected chi connectivity index (χ2v) is 4.60. The molecule has 17 heavy (non-hydrogen) atoms. The zero-order chi connectivity index (χ0) is 13.9. The minimum Gasteiger partial charge on any atom is -0.481 e. The van der Waals surface area contributed by atoms with Gasteiger partial charge in [-0.2, -0.15) is 0 Å². The minimum atomic E-state index is -3.38. The summed E-state index contributed by atoms with van der Waals surface area (Å²) in [5.74, 6) is -2.16. The van der Waals surface area contributed by atoms with E-state index in [1.165, 1.54) is 0 Å². The van der Waals surface area contributed by atoms with Crippen LogP contribution in [-0.4, -0.2) is 41.5 Å². The lowest BCUT2D eigenvalue weighted by atomic mass is 10.7.